The molecule has 0 aliphatic rings. The van der Waals surface area contributed by atoms with Gasteiger partial charge >= 0.3 is 0 Å². The number of benzene rings is 1. The third-order valence-corrected chi connectivity index (χ3v) is 2.86. The molecule has 0 aliphatic carbocycles. The van der Waals surface area contributed by atoms with E-state index >= 15 is 0 Å². The summed E-state index contributed by atoms with van der Waals surface area (Å²) < 4.78 is 13.5. The number of hydrogen-bond donors (Lipinski definition) is 2. The lowest BCUT2D eigenvalue weighted by atomic mass is 10.0. The molecule has 1 aromatic carbocycles. The highest BCUT2D eigenvalue weighted by Gasteiger charge is 2.19. The number of hydrogen-bond acceptors (Lipinski definition) is 3. The zero-order valence-corrected chi connectivity index (χ0v) is 10.2. The van der Waals surface area contributed by atoms with E-state index in [0.29, 0.717) is 5.56 Å². The second-order valence-electron chi connectivity index (χ2n) is 3.95. The van der Waals surface area contributed by atoms with Gasteiger partial charge in [-0.1, -0.05) is 23.7 Å². The van der Waals surface area contributed by atoms with Crippen LogP contribution >= 0.6 is 11.6 Å². The van der Waals surface area contributed by atoms with Gasteiger partial charge in [0, 0.05) is 6.42 Å². The van der Waals surface area contributed by atoms with Crippen LogP contribution in [-0.2, 0) is 11.2 Å². The number of carbonyl (C=O) groups excluding carboxylic acids is 1. The quantitative estimate of drug-likeness (QED) is 0.846. The van der Waals surface area contributed by atoms with Crippen molar-refractivity contribution in [2.45, 2.75) is 31.9 Å². The van der Waals surface area contributed by atoms with Gasteiger partial charge in [0.2, 0.25) is 0 Å². The number of aryl methyl sites for hydroxylation is 1. The van der Waals surface area contributed by atoms with Gasteiger partial charge in [0.1, 0.15) is 5.82 Å². The molecule has 2 atom stereocenters. The fourth-order valence-electron chi connectivity index (χ4n) is 1.44. The van der Waals surface area contributed by atoms with E-state index in [-0.39, 0.29) is 23.6 Å². The first-order valence-corrected chi connectivity index (χ1v) is 5.70. The molecule has 17 heavy (non-hydrogen) atoms. The predicted molar refractivity (Wildman–Crippen MR) is 64.4 cm³/mol. The van der Waals surface area contributed by atoms with Crippen molar-refractivity contribution in [2.75, 3.05) is 0 Å². The van der Waals surface area contributed by atoms with Gasteiger partial charge in [-0.25, -0.2) is 4.39 Å². The van der Waals surface area contributed by atoms with Crippen LogP contribution in [0.2, 0.25) is 5.02 Å². The van der Waals surface area contributed by atoms with Crippen molar-refractivity contribution in [3.05, 3.63) is 34.6 Å². The summed E-state index contributed by atoms with van der Waals surface area (Å²) in [5.41, 5.74) is 5.85. The van der Waals surface area contributed by atoms with Crippen LogP contribution < -0.4 is 5.73 Å². The minimum atomic E-state index is -0.919. The van der Waals surface area contributed by atoms with Crippen LogP contribution in [0.1, 0.15) is 18.9 Å². The third-order valence-electron chi connectivity index (χ3n) is 2.56. The molecule has 1 aromatic rings. The van der Waals surface area contributed by atoms with Crippen LogP contribution in [0.3, 0.4) is 0 Å². The Morgan fingerprint density at radius 3 is 2.82 bits per heavy atom. The van der Waals surface area contributed by atoms with Crippen LogP contribution in [0.5, 0.6) is 0 Å². The van der Waals surface area contributed by atoms with Crippen LogP contribution in [0.15, 0.2) is 18.2 Å². The number of carbonyl (C=O) groups is 1. The summed E-state index contributed by atoms with van der Waals surface area (Å²) in [5.74, 6) is -0.799. The molecule has 1 rings (SSSR count). The Bertz CT molecular complexity index is 409. The molecule has 0 amide bonds. The predicted octanol–water partition coefficient (Wildman–Crippen LogP) is 1.69. The van der Waals surface area contributed by atoms with Crippen LogP contribution in [0.4, 0.5) is 4.39 Å². The molecule has 0 fully saturated rings. The largest absolute Gasteiger partial charge is 0.391 e. The fourth-order valence-corrected chi connectivity index (χ4v) is 1.63. The average Bonchev–Trinajstić information content (AvgIpc) is 2.29. The molecule has 0 bridgehead atoms. The van der Waals surface area contributed by atoms with Crippen molar-refractivity contribution in [3.8, 4) is 0 Å². The van der Waals surface area contributed by atoms with Gasteiger partial charge in [-0.3, -0.25) is 4.79 Å². The minimum absolute atomic E-state index is 0.0368. The Hall–Kier alpha value is -0.970. The van der Waals surface area contributed by atoms with Crippen molar-refractivity contribution in [1.82, 2.24) is 0 Å². The summed E-state index contributed by atoms with van der Waals surface area (Å²) in [5, 5.41) is 9.18. The van der Waals surface area contributed by atoms with E-state index in [2.05, 4.69) is 0 Å². The van der Waals surface area contributed by atoms with Gasteiger partial charge in [-0.2, -0.15) is 0 Å². The lowest BCUT2D eigenvalue weighted by Crippen LogP contribution is -2.40. The smallest absolute Gasteiger partial charge is 0.152 e. The summed E-state index contributed by atoms with van der Waals surface area (Å²) in [6.07, 6.45) is -0.582. The molecule has 3 N–H and O–H groups in total. The van der Waals surface area contributed by atoms with Crippen LogP contribution in [0, 0.1) is 5.82 Å². The topological polar surface area (TPSA) is 63.3 Å². The normalized spacial score (nSPS) is 14.4. The maximum Gasteiger partial charge on any atom is 0.152 e. The molecule has 0 saturated carbocycles. The van der Waals surface area contributed by atoms with Gasteiger partial charge in [0.25, 0.3) is 0 Å². The molecule has 5 heteroatoms. The Morgan fingerprint density at radius 1 is 1.59 bits per heavy atom. The number of Topliss-reactive ketones (excluding diaryl/α,β-unsaturated/α-hetero) is 1. The van der Waals surface area contributed by atoms with E-state index in [1.54, 1.807) is 12.1 Å². The second kappa shape index (κ2) is 6.10. The first-order valence-electron chi connectivity index (χ1n) is 5.32. The zero-order chi connectivity index (χ0) is 13.0. The van der Waals surface area contributed by atoms with Gasteiger partial charge in [0.15, 0.2) is 5.78 Å². The fraction of sp³-hybridized carbons (Fsp3) is 0.417. The summed E-state index contributed by atoms with van der Waals surface area (Å²) in [7, 11) is 0. The van der Waals surface area contributed by atoms with Crippen LogP contribution in [0.25, 0.3) is 0 Å². The number of halogens is 2. The Morgan fingerprint density at radius 2 is 2.24 bits per heavy atom. The first kappa shape index (κ1) is 14.1. The lowest BCUT2D eigenvalue weighted by Gasteiger charge is -2.13. The van der Waals surface area contributed by atoms with Crippen LogP contribution in [-0.4, -0.2) is 23.0 Å². The molecule has 0 aliphatic heterocycles. The van der Waals surface area contributed by atoms with Gasteiger partial charge in [-0.15, -0.1) is 0 Å². The molecule has 0 saturated heterocycles. The van der Waals surface area contributed by atoms with Gasteiger partial charge in [0.05, 0.1) is 17.2 Å². The highest BCUT2D eigenvalue weighted by molar-refractivity contribution is 6.30. The molecule has 0 heterocycles. The van der Waals surface area contributed by atoms with E-state index in [1.807, 2.05) is 0 Å². The molecular formula is C12H15ClFNO2. The van der Waals surface area contributed by atoms with Gasteiger partial charge in [-0.05, 0) is 25.0 Å². The number of aliphatic hydroxyl groups is 1. The molecule has 94 valence electrons. The summed E-state index contributed by atoms with van der Waals surface area (Å²) in [4.78, 5) is 11.5. The third kappa shape index (κ3) is 3.77. The molecule has 3 nitrogen and oxygen atoms in total. The van der Waals surface area contributed by atoms with Crippen molar-refractivity contribution in [3.63, 3.8) is 0 Å². The molecule has 1 unspecified atom stereocenters. The van der Waals surface area contributed by atoms with E-state index < -0.39 is 18.0 Å². The van der Waals surface area contributed by atoms with Gasteiger partial charge < -0.3 is 10.8 Å². The average molecular weight is 260 g/mol. The Labute approximate surface area is 104 Å². The first-order chi connectivity index (χ1) is 7.93. The Kier molecular flexibility index (Phi) is 5.05. The number of ketones is 1. The van der Waals surface area contributed by atoms with Crippen molar-refractivity contribution in [2.24, 2.45) is 5.73 Å². The summed E-state index contributed by atoms with van der Waals surface area (Å²) in [6, 6.07) is 3.73. The number of rotatable bonds is 5. The molecule has 0 radical (unpaired) electrons. The van der Waals surface area contributed by atoms with E-state index in [1.165, 1.54) is 13.0 Å². The Balaban J connectivity index is 2.62. The molecule has 0 aromatic heterocycles. The number of nitrogens with two attached hydrogens (primary N) is 1. The molecule has 0 spiro atoms. The highest BCUT2D eigenvalue weighted by Crippen LogP contribution is 2.19. The lowest BCUT2D eigenvalue weighted by molar-refractivity contribution is -0.122. The summed E-state index contributed by atoms with van der Waals surface area (Å²) in [6.45, 7) is 1.45. The second-order valence-corrected chi connectivity index (χ2v) is 4.35. The van der Waals surface area contributed by atoms with E-state index in [4.69, 9.17) is 22.4 Å². The highest BCUT2D eigenvalue weighted by atomic mass is 35.5. The summed E-state index contributed by atoms with van der Waals surface area (Å²) >= 11 is 5.62. The SMILES string of the molecule is CC(O)[C@H](N)C(=O)CCc1cccc(Cl)c1F. The monoisotopic (exact) mass is 259 g/mol. The minimum Gasteiger partial charge on any atom is -0.391 e. The van der Waals surface area contributed by atoms with E-state index in [0.717, 1.165) is 0 Å². The maximum atomic E-state index is 13.5. The van der Waals surface area contributed by atoms with Crippen molar-refractivity contribution < 1.29 is 14.3 Å². The molecular weight excluding hydrogens is 245 g/mol. The zero-order valence-electron chi connectivity index (χ0n) is 9.49. The maximum absolute atomic E-state index is 13.5. The van der Waals surface area contributed by atoms with Crippen molar-refractivity contribution >= 4 is 17.4 Å². The standard InChI is InChI=1S/C12H15ClFNO2/c1-7(16)12(15)10(17)6-5-8-3-2-4-9(13)11(8)14/h2-4,7,12,16H,5-6,15H2,1H3/t7?,12-/m0/s1. The van der Waals surface area contributed by atoms with E-state index in [9.17, 15) is 9.18 Å². The number of aliphatic hydroxyl groups excluding tert-OH is 1. The van der Waals surface area contributed by atoms with Crippen molar-refractivity contribution in [1.29, 1.82) is 0 Å².